The van der Waals surface area contributed by atoms with Gasteiger partial charge in [-0.2, -0.15) is 4.31 Å². The lowest BCUT2D eigenvalue weighted by Gasteiger charge is -2.20. The standard InChI is InChI=1S/C18H24N4O3S/c1-21(13-18-20-19-17-8-10-25-11-9-22(17)18)26(23,24)16-7-6-14-4-2-3-5-15(14)12-16/h6-7,12H,2-5,8-11,13H2,1H3. The molecule has 0 saturated carbocycles. The first-order chi connectivity index (χ1) is 12.6. The van der Waals surface area contributed by atoms with Crippen LogP contribution in [0.3, 0.4) is 0 Å². The molecule has 2 aliphatic rings. The summed E-state index contributed by atoms with van der Waals surface area (Å²) in [5.74, 6) is 1.52. The molecule has 0 saturated heterocycles. The van der Waals surface area contributed by atoms with Crippen LogP contribution >= 0.6 is 0 Å². The minimum Gasteiger partial charge on any atom is -0.379 e. The first-order valence-corrected chi connectivity index (χ1v) is 10.6. The van der Waals surface area contributed by atoms with E-state index in [1.165, 1.54) is 21.9 Å². The second-order valence-corrected chi connectivity index (χ2v) is 8.99. The highest BCUT2D eigenvalue weighted by molar-refractivity contribution is 7.89. The molecule has 7 nitrogen and oxygen atoms in total. The van der Waals surface area contributed by atoms with Crippen molar-refractivity contribution >= 4 is 10.0 Å². The Kier molecular flexibility index (Phi) is 4.81. The van der Waals surface area contributed by atoms with Crippen LogP contribution in [0.25, 0.3) is 0 Å². The van der Waals surface area contributed by atoms with Crippen molar-refractivity contribution in [3.05, 3.63) is 41.0 Å². The second-order valence-electron chi connectivity index (χ2n) is 6.95. The van der Waals surface area contributed by atoms with E-state index in [1.807, 2.05) is 16.7 Å². The fourth-order valence-electron chi connectivity index (χ4n) is 3.69. The molecule has 0 atom stereocenters. The maximum Gasteiger partial charge on any atom is 0.243 e. The molecule has 1 aliphatic carbocycles. The van der Waals surface area contributed by atoms with E-state index in [2.05, 4.69) is 10.2 Å². The lowest BCUT2D eigenvalue weighted by atomic mass is 9.92. The summed E-state index contributed by atoms with van der Waals surface area (Å²) in [6.07, 6.45) is 5.01. The number of fused-ring (bicyclic) bond motifs is 2. The van der Waals surface area contributed by atoms with E-state index in [1.54, 1.807) is 13.1 Å². The summed E-state index contributed by atoms with van der Waals surface area (Å²) in [6.45, 7) is 2.08. The maximum atomic E-state index is 13.0. The molecular weight excluding hydrogens is 352 g/mol. The van der Waals surface area contributed by atoms with Gasteiger partial charge in [0, 0.05) is 20.0 Å². The predicted molar refractivity (Wildman–Crippen MR) is 96.3 cm³/mol. The average molecular weight is 376 g/mol. The van der Waals surface area contributed by atoms with Crippen molar-refractivity contribution in [1.29, 1.82) is 0 Å². The molecule has 0 unspecified atom stereocenters. The Morgan fingerprint density at radius 1 is 1.12 bits per heavy atom. The van der Waals surface area contributed by atoms with Gasteiger partial charge in [-0.05, 0) is 48.9 Å². The molecule has 1 aliphatic heterocycles. The average Bonchev–Trinajstić information content (AvgIpc) is 2.88. The zero-order chi connectivity index (χ0) is 18.1. The van der Waals surface area contributed by atoms with Crippen LogP contribution in [-0.2, 0) is 47.1 Å². The van der Waals surface area contributed by atoms with Crippen LogP contribution < -0.4 is 0 Å². The van der Waals surface area contributed by atoms with Gasteiger partial charge in [-0.15, -0.1) is 10.2 Å². The predicted octanol–water partition coefficient (Wildman–Crippen LogP) is 1.55. The summed E-state index contributed by atoms with van der Waals surface area (Å²) in [5.41, 5.74) is 2.44. The van der Waals surface area contributed by atoms with Crippen molar-refractivity contribution < 1.29 is 13.2 Å². The topological polar surface area (TPSA) is 77.3 Å². The van der Waals surface area contributed by atoms with Gasteiger partial charge in [-0.3, -0.25) is 0 Å². The maximum absolute atomic E-state index is 13.0. The molecule has 8 heteroatoms. The van der Waals surface area contributed by atoms with Gasteiger partial charge in [0.2, 0.25) is 10.0 Å². The minimum atomic E-state index is -3.56. The van der Waals surface area contributed by atoms with Gasteiger partial charge < -0.3 is 9.30 Å². The number of aryl methyl sites for hydroxylation is 2. The number of ether oxygens (including phenoxy) is 1. The number of rotatable bonds is 4. The molecule has 4 rings (SSSR count). The minimum absolute atomic E-state index is 0.201. The van der Waals surface area contributed by atoms with Gasteiger partial charge in [0.05, 0.1) is 24.7 Å². The molecule has 0 bridgehead atoms. The Labute approximate surface area is 154 Å². The fourth-order valence-corrected chi connectivity index (χ4v) is 4.86. The molecule has 1 aromatic heterocycles. The Morgan fingerprint density at radius 3 is 2.77 bits per heavy atom. The smallest absolute Gasteiger partial charge is 0.243 e. The second kappa shape index (κ2) is 7.09. The van der Waals surface area contributed by atoms with Crippen LogP contribution in [0.15, 0.2) is 23.1 Å². The monoisotopic (exact) mass is 376 g/mol. The highest BCUT2D eigenvalue weighted by atomic mass is 32.2. The van der Waals surface area contributed by atoms with E-state index in [0.29, 0.717) is 36.9 Å². The van der Waals surface area contributed by atoms with Gasteiger partial charge in [-0.1, -0.05) is 6.07 Å². The van der Waals surface area contributed by atoms with Crippen LogP contribution in [-0.4, -0.2) is 47.7 Å². The van der Waals surface area contributed by atoms with E-state index < -0.39 is 10.0 Å². The number of hydrogen-bond donors (Lipinski definition) is 0. The Balaban J connectivity index is 1.57. The normalized spacial score (nSPS) is 17.6. The number of aromatic nitrogens is 3. The van der Waals surface area contributed by atoms with Crippen molar-refractivity contribution in [3.63, 3.8) is 0 Å². The van der Waals surface area contributed by atoms with Crippen LogP contribution in [0.4, 0.5) is 0 Å². The molecule has 140 valence electrons. The number of hydrogen-bond acceptors (Lipinski definition) is 5. The zero-order valence-electron chi connectivity index (χ0n) is 15.0. The van der Waals surface area contributed by atoms with E-state index in [9.17, 15) is 8.42 Å². The molecule has 0 fully saturated rings. The van der Waals surface area contributed by atoms with Crippen LogP contribution in [0, 0.1) is 0 Å². The van der Waals surface area contributed by atoms with Crippen molar-refractivity contribution in [2.45, 2.75) is 50.1 Å². The summed E-state index contributed by atoms with van der Waals surface area (Å²) in [5, 5.41) is 8.40. The number of benzene rings is 1. The lowest BCUT2D eigenvalue weighted by molar-refractivity contribution is 0.139. The molecule has 0 N–H and O–H groups in total. The van der Waals surface area contributed by atoms with Crippen LogP contribution in [0.2, 0.25) is 0 Å². The molecule has 26 heavy (non-hydrogen) atoms. The summed E-state index contributed by atoms with van der Waals surface area (Å²) in [6, 6.07) is 5.54. The lowest BCUT2D eigenvalue weighted by Crippen LogP contribution is -2.28. The van der Waals surface area contributed by atoms with Gasteiger partial charge in [0.1, 0.15) is 11.6 Å². The van der Waals surface area contributed by atoms with Gasteiger partial charge in [0.15, 0.2) is 0 Å². The zero-order valence-corrected chi connectivity index (χ0v) is 15.8. The van der Waals surface area contributed by atoms with Gasteiger partial charge >= 0.3 is 0 Å². The summed E-state index contributed by atoms with van der Waals surface area (Å²) < 4.78 is 34.9. The third-order valence-corrected chi connectivity index (χ3v) is 7.02. The highest BCUT2D eigenvalue weighted by Gasteiger charge is 2.25. The van der Waals surface area contributed by atoms with Crippen molar-refractivity contribution in [2.24, 2.45) is 0 Å². The van der Waals surface area contributed by atoms with E-state index >= 15 is 0 Å². The first-order valence-electron chi connectivity index (χ1n) is 9.12. The fraction of sp³-hybridized carbons (Fsp3) is 0.556. The van der Waals surface area contributed by atoms with Gasteiger partial charge in [-0.25, -0.2) is 8.42 Å². The summed E-state index contributed by atoms with van der Waals surface area (Å²) >= 11 is 0. The van der Waals surface area contributed by atoms with Crippen LogP contribution in [0.5, 0.6) is 0 Å². The Bertz CT molecular complexity index is 907. The number of nitrogens with zero attached hydrogens (tertiary/aromatic N) is 4. The van der Waals surface area contributed by atoms with Gasteiger partial charge in [0.25, 0.3) is 0 Å². The van der Waals surface area contributed by atoms with E-state index in [4.69, 9.17) is 4.74 Å². The third-order valence-electron chi connectivity index (χ3n) is 5.23. The Morgan fingerprint density at radius 2 is 1.92 bits per heavy atom. The van der Waals surface area contributed by atoms with Crippen molar-refractivity contribution in [3.8, 4) is 0 Å². The van der Waals surface area contributed by atoms with Crippen LogP contribution in [0.1, 0.15) is 35.6 Å². The third kappa shape index (κ3) is 3.28. The molecule has 1 aromatic carbocycles. The van der Waals surface area contributed by atoms with E-state index in [-0.39, 0.29) is 6.54 Å². The first kappa shape index (κ1) is 17.6. The number of sulfonamides is 1. The Hall–Kier alpha value is -1.77. The molecule has 2 aromatic rings. The molecular formula is C18H24N4O3S. The van der Waals surface area contributed by atoms with Crippen molar-refractivity contribution in [1.82, 2.24) is 19.1 Å². The largest absolute Gasteiger partial charge is 0.379 e. The molecule has 0 spiro atoms. The van der Waals surface area contributed by atoms with E-state index in [0.717, 1.165) is 25.1 Å². The van der Waals surface area contributed by atoms with Crippen molar-refractivity contribution in [2.75, 3.05) is 20.3 Å². The quantitative estimate of drug-likeness (QED) is 0.809. The SMILES string of the molecule is CN(Cc1nnc2n1CCOCC2)S(=O)(=O)c1ccc2c(c1)CCCC2. The molecule has 2 heterocycles. The summed E-state index contributed by atoms with van der Waals surface area (Å²) in [7, 11) is -1.96. The molecule has 0 radical (unpaired) electrons. The molecule has 0 amide bonds. The summed E-state index contributed by atoms with van der Waals surface area (Å²) in [4.78, 5) is 0.361. The highest BCUT2D eigenvalue weighted by Crippen LogP contribution is 2.26.